The van der Waals surface area contributed by atoms with Crippen LogP contribution in [0, 0.1) is 47.3 Å². The van der Waals surface area contributed by atoms with E-state index >= 15 is 0 Å². The molecule has 0 saturated heterocycles. The maximum absolute atomic E-state index is 13.2. The van der Waals surface area contributed by atoms with Crippen molar-refractivity contribution in [3.63, 3.8) is 0 Å². The smallest absolute Gasteiger partial charge is 0.376 e. The molecule has 8 saturated carbocycles. The number of halogens is 3. The fraction of sp³-hybridized carbons (Fsp3) is 0.778. The van der Waals surface area contributed by atoms with Crippen LogP contribution in [0.5, 0.6) is 5.75 Å². The minimum atomic E-state index is -5.69. The molecule has 8 fully saturated rings. The third kappa shape index (κ3) is 3.46. The highest BCUT2D eigenvalue weighted by Gasteiger charge is 2.52. The van der Waals surface area contributed by atoms with Crippen LogP contribution in [0.4, 0.5) is 13.2 Å². The Bertz CT molecular complexity index is 979. The average molecular weight is 495 g/mol. The molecule has 1 aromatic carbocycles. The molecule has 34 heavy (non-hydrogen) atoms. The van der Waals surface area contributed by atoms with E-state index < -0.39 is 15.6 Å². The van der Waals surface area contributed by atoms with Gasteiger partial charge in [-0.05, 0) is 147 Å². The van der Waals surface area contributed by atoms with E-state index in [4.69, 9.17) is 4.18 Å². The molecule has 0 spiro atoms. The molecule has 7 heteroatoms. The molecule has 8 aliphatic rings. The summed E-state index contributed by atoms with van der Waals surface area (Å²) in [6.07, 6.45) is 12.3. The van der Waals surface area contributed by atoms with E-state index in [0.717, 1.165) is 34.8 Å². The third-order valence-corrected chi connectivity index (χ3v) is 11.6. The van der Waals surface area contributed by atoms with Crippen LogP contribution in [-0.4, -0.2) is 13.9 Å². The summed E-state index contributed by atoms with van der Waals surface area (Å²) in [7, 11) is -5.69. The predicted molar refractivity (Wildman–Crippen MR) is 122 cm³/mol. The Kier molecular flexibility index (Phi) is 4.78. The molecule has 0 amide bonds. The lowest BCUT2D eigenvalue weighted by atomic mass is 9.49. The average Bonchev–Trinajstić information content (AvgIpc) is 2.71. The summed E-state index contributed by atoms with van der Waals surface area (Å²) >= 11 is 0. The Hall–Kier alpha value is -1.24. The van der Waals surface area contributed by atoms with E-state index in [2.05, 4.69) is 6.07 Å². The van der Waals surface area contributed by atoms with Crippen LogP contribution < -0.4 is 4.18 Å². The molecule has 0 atom stereocenters. The van der Waals surface area contributed by atoms with Gasteiger partial charge in [0.25, 0.3) is 0 Å². The van der Waals surface area contributed by atoms with Crippen molar-refractivity contribution in [1.82, 2.24) is 0 Å². The Morgan fingerprint density at radius 1 is 0.618 bits per heavy atom. The standard InChI is InChI=1S/C27H33F3O3S/c28-27(29,30)34(31,32)33-24-12-22(25-18-3-14-1-15(5-18)6-19(25)4-14)11-23(13-24)26-20-7-16-2-17(9-20)10-21(26)8-16/h11-21,25-26H,1-10H2. The molecule has 0 radical (unpaired) electrons. The van der Waals surface area contributed by atoms with Gasteiger partial charge in [0.05, 0.1) is 0 Å². The number of benzene rings is 1. The van der Waals surface area contributed by atoms with Gasteiger partial charge >= 0.3 is 15.6 Å². The van der Waals surface area contributed by atoms with Gasteiger partial charge in [0.1, 0.15) is 5.75 Å². The summed E-state index contributed by atoms with van der Waals surface area (Å²) in [5, 5.41) is 0. The third-order valence-electron chi connectivity index (χ3n) is 10.7. The fourth-order valence-electron chi connectivity index (χ4n) is 10.2. The predicted octanol–water partition coefficient (Wildman–Crippen LogP) is 6.99. The topological polar surface area (TPSA) is 43.4 Å². The van der Waals surface area contributed by atoms with E-state index in [1.807, 2.05) is 0 Å². The first-order valence-corrected chi connectivity index (χ1v) is 14.7. The van der Waals surface area contributed by atoms with Gasteiger partial charge in [0.15, 0.2) is 0 Å². The van der Waals surface area contributed by atoms with E-state index in [1.54, 1.807) is 12.1 Å². The lowest BCUT2D eigenvalue weighted by molar-refractivity contribution is -0.0500. The first-order chi connectivity index (χ1) is 16.1. The highest BCUT2D eigenvalue weighted by Crippen LogP contribution is 2.62. The summed E-state index contributed by atoms with van der Waals surface area (Å²) in [6.45, 7) is 0. The van der Waals surface area contributed by atoms with Crippen molar-refractivity contribution in [1.29, 1.82) is 0 Å². The van der Waals surface area contributed by atoms with E-state index in [1.165, 1.54) is 64.2 Å². The first-order valence-electron chi connectivity index (χ1n) is 13.3. The van der Waals surface area contributed by atoms with Crippen LogP contribution in [0.2, 0.25) is 0 Å². The van der Waals surface area contributed by atoms with Crippen molar-refractivity contribution in [3.05, 3.63) is 29.3 Å². The van der Waals surface area contributed by atoms with Crippen LogP contribution >= 0.6 is 0 Å². The summed E-state index contributed by atoms with van der Waals surface area (Å²) in [4.78, 5) is 0. The molecule has 3 nitrogen and oxygen atoms in total. The maximum Gasteiger partial charge on any atom is 0.534 e. The molecule has 0 aliphatic heterocycles. The van der Waals surface area contributed by atoms with Crippen molar-refractivity contribution in [2.45, 2.75) is 81.6 Å². The van der Waals surface area contributed by atoms with E-state index in [9.17, 15) is 21.6 Å². The van der Waals surface area contributed by atoms with Gasteiger partial charge in [-0.25, -0.2) is 0 Å². The van der Waals surface area contributed by atoms with E-state index in [0.29, 0.717) is 35.5 Å². The number of rotatable bonds is 4. The fourth-order valence-corrected chi connectivity index (χ4v) is 10.6. The van der Waals surface area contributed by atoms with Gasteiger partial charge in [0.2, 0.25) is 0 Å². The van der Waals surface area contributed by atoms with Crippen molar-refractivity contribution in [2.24, 2.45) is 47.3 Å². The number of hydrogen-bond acceptors (Lipinski definition) is 3. The summed E-state index contributed by atoms with van der Waals surface area (Å²) in [5.74, 6) is 5.97. The maximum atomic E-state index is 13.2. The Morgan fingerprint density at radius 2 is 0.971 bits per heavy atom. The summed E-state index contributed by atoms with van der Waals surface area (Å²) in [5.41, 5.74) is -3.35. The van der Waals surface area contributed by atoms with Crippen LogP contribution in [0.1, 0.15) is 87.2 Å². The molecule has 1 aromatic rings. The molecule has 8 aliphatic carbocycles. The van der Waals surface area contributed by atoms with Crippen LogP contribution in [0.15, 0.2) is 18.2 Å². The van der Waals surface area contributed by atoms with Crippen molar-refractivity contribution in [3.8, 4) is 5.75 Å². The normalized spacial score (nSPS) is 44.6. The number of hydrogen-bond donors (Lipinski definition) is 0. The first kappa shape index (κ1) is 22.0. The van der Waals surface area contributed by atoms with Crippen molar-refractivity contribution in [2.75, 3.05) is 0 Å². The summed E-state index contributed by atoms with van der Waals surface area (Å²) < 4.78 is 68.2. The Labute approximate surface area is 200 Å². The number of alkyl halides is 3. The van der Waals surface area contributed by atoms with Gasteiger partial charge in [-0.1, -0.05) is 6.07 Å². The van der Waals surface area contributed by atoms with Gasteiger partial charge in [-0.15, -0.1) is 0 Å². The molecule has 9 rings (SSSR count). The zero-order valence-electron chi connectivity index (χ0n) is 19.3. The molecule has 0 unspecified atom stereocenters. The lowest BCUT2D eigenvalue weighted by Gasteiger charge is -2.55. The second kappa shape index (κ2) is 7.39. The van der Waals surface area contributed by atoms with Crippen molar-refractivity contribution >= 4 is 10.1 Å². The quantitative estimate of drug-likeness (QED) is 0.335. The zero-order chi connectivity index (χ0) is 23.4. The molecular weight excluding hydrogens is 461 g/mol. The molecule has 186 valence electrons. The van der Waals surface area contributed by atoms with Crippen molar-refractivity contribution < 1.29 is 25.8 Å². The molecule has 0 aromatic heterocycles. The second-order valence-corrected chi connectivity index (χ2v) is 14.3. The van der Waals surface area contributed by atoms with Gasteiger partial charge < -0.3 is 4.18 Å². The largest absolute Gasteiger partial charge is 0.534 e. The van der Waals surface area contributed by atoms with Crippen LogP contribution in [0.3, 0.4) is 0 Å². The van der Waals surface area contributed by atoms with Gasteiger partial charge in [0, 0.05) is 0 Å². The van der Waals surface area contributed by atoms with Crippen LogP contribution in [-0.2, 0) is 10.1 Å². The molecule has 8 bridgehead atoms. The summed E-state index contributed by atoms with van der Waals surface area (Å²) in [6, 6.07) is 5.53. The monoisotopic (exact) mass is 494 g/mol. The molecule has 0 heterocycles. The molecular formula is C27H33F3O3S. The van der Waals surface area contributed by atoms with Gasteiger partial charge in [-0.3, -0.25) is 0 Å². The Balaban J connectivity index is 1.29. The second-order valence-electron chi connectivity index (χ2n) is 12.7. The zero-order valence-corrected chi connectivity index (χ0v) is 20.2. The Morgan fingerprint density at radius 3 is 1.29 bits per heavy atom. The minimum Gasteiger partial charge on any atom is -0.376 e. The van der Waals surface area contributed by atoms with Gasteiger partial charge in [-0.2, -0.15) is 21.6 Å². The highest BCUT2D eigenvalue weighted by atomic mass is 32.2. The SMILES string of the molecule is O=S(=O)(Oc1cc(C2C3CC4CC(C3)CC2C4)cc(C2C3CC4CC(C3)CC2C4)c1)C(F)(F)F. The minimum absolute atomic E-state index is 0.132. The van der Waals surface area contributed by atoms with E-state index in [-0.39, 0.29) is 5.75 Å². The molecule has 0 N–H and O–H groups in total. The lowest BCUT2D eigenvalue weighted by Crippen LogP contribution is -2.44. The highest BCUT2D eigenvalue weighted by molar-refractivity contribution is 7.88. The van der Waals surface area contributed by atoms with Crippen LogP contribution in [0.25, 0.3) is 0 Å².